The lowest BCUT2D eigenvalue weighted by Crippen LogP contribution is -2.45. The van der Waals surface area contributed by atoms with Crippen LogP contribution in [0, 0.1) is 6.92 Å². The van der Waals surface area contributed by atoms with E-state index in [9.17, 15) is 9.59 Å². The molecule has 0 spiro atoms. The van der Waals surface area contributed by atoms with Gasteiger partial charge in [-0.2, -0.15) is 0 Å². The molecular formula is C16H21N5O2. The SMILES string of the molecule is CCn1cc(C(=O)NC2CC(C)NN2)c(=O)c2ccc(C)nc21. The Labute approximate surface area is 134 Å². The maximum atomic E-state index is 12.6. The van der Waals surface area contributed by atoms with Gasteiger partial charge in [0, 0.05) is 24.5 Å². The number of nitrogens with one attached hydrogen (secondary N) is 3. The number of pyridine rings is 2. The van der Waals surface area contributed by atoms with E-state index in [1.807, 2.05) is 25.3 Å². The number of aryl methyl sites for hydroxylation is 2. The molecular weight excluding hydrogens is 294 g/mol. The summed E-state index contributed by atoms with van der Waals surface area (Å²) in [6.07, 6.45) is 2.18. The van der Waals surface area contributed by atoms with Crippen LogP contribution in [0.3, 0.4) is 0 Å². The second-order valence-electron chi connectivity index (χ2n) is 5.93. The average molecular weight is 315 g/mol. The van der Waals surface area contributed by atoms with Gasteiger partial charge in [-0.1, -0.05) is 0 Å². The number of rotatable bonds is 3. The van der Waals surface area contributed by atoms with E-state index < -0.39 is 0 Å². The summed E-state index contributed by atoms with van der Waals surface area (Å²) in [5.74, 6) is -0.368. The third-order valence-corrected chi connectivity index (χ3v) is 4.04. The van der Waals surface area contributed by atoms with Crippen molar-refractivity contribution in [3.8, 4) is 0 Å². The Hall–Kier alpha value is -2.25. The molecule has 0 radical (unpaired) electrons. The number of aromatic nitrogens is 2. The highest BCUT2D eigenvalue weighted by molar-refractivity contribution is 5.97. The quantitative estimate of drug-likeness (QED) is 0.775. The molecule has 0 aliphatic carbocycles. The maximum Gasteiger partial charge on any atom is 0.258 e. The second kappa shape index (κ2) is 6.10. The zero-order valence-electron chi connectivity index (χ0n) is 13.5. The molecule has 7 heteroatoms. The average Bonchev–Trinajstić information content (AvgIpc) is 2.92. The molecule has 1 aliphatic heterocycles. The van der Waals surface area contributed by atoms with Crippen LogP contribution in [-0.4, -0.2) is 27.7 Å². The topological polar surface area (TPSA) is 88.0 Å². The number of hydrogen-bond donors (Lipinski definition) is 3. The van der Waals surface area contributed by atoms with Crippen LogP contribution in [-0.2, 0) is 6.54 Å². The van der Waals surface area contributed by atoms with Crippen LogP contribution in [0.1, 0.15) is 36.3 Å². The summed E-state index contributed by atoms with van der Waals surface area (Å²) >= 11 is 0. The van der Waals surface area contributed by atoms with E-state index in [4.69, 9.17) is 0 Å². The summed E-state index contributed by atoms with van der Waals surface area (Å²) in [6, 6.07) is 3.80. The number of nitrogens with zero attached hydrogens (tertiary/aromatic N) is 2. The fourth-order valence-corrected chi connectivity index (χ4v) is 2.81. The van der Waals surface area contributed by atoms with E-state index in [2.05, 4.69) is 21.2 Å². The third kappa shape index (κ3) is 2.97. The molecule has 2 aromatic heterocycles. The van der Waals surface area contributed by atoms with E-state index in [1.165, 1.54) is 0 Å². The highest BCUT2D eigenvalue weighted by Gasteiger charge is 2.24. The van der Waals surface area contributed by atoms with Crippen molar-refractivity contribution in [2.75, 3.05) is 0 Å². The van der Waals surface area contributed by atoms with Gasteiger partial charge in [-0.05, 0) is 39.3 Å². The first-order valence-corrected chi connectivity index (χ1v) is 7.82. The first kappa shape index (κ1) is 15.6. The Kier molecular flexibility index (Phi) is 4.14. The summed E-state index contributed by atoms with van der Waals surface area (Å²) in [4.78, 5) is 29.6. The zero-order valence-corrected chi connectivity index (χ0v) is 13.5. The molecule has 1 fully saturated rings. The second-order valence-corrected chi connectivity index (χ2v) is 5.93. The Morgan fingerprint density at radius 2 is 2.22 bits per heavy atom. The van der Waals surface area contributed by atoms with E-state index in [0.717, 1.165) is 12.1 Å². The fraction of sp³-hybridized carbons (Fsp3) is 0.438. The first-order chi connectivity index (χ1) is 11.0. The van der Waals surface area contributed by atoms with Crippen LogP contribution in [0.5, 0.6) is 0 Å². The van der Waals surface area contributed by atoms with Gasteiger partial charge in [0.05, 0.1) is 11.6 Å². The summed E-state index contributed by atoms with van der Waals surface area (Å²) in [6.45, 7) is 6.49. The van der Waals surface area contributed by atoms with E-state index in [0.29, 0.717) is 17.6 Å². The predicted molar refractivity (Wildman–Crippen MR) is 88.0 cm³/mol. The minimum atomic E-state index is -0.368. The largest absolute Gasteiger partial charge is 0.335 e. The van der Waals surface area contributed by atoms with Crippen molar-refractivity contribution in [3.63, 3.8) is 0 Å². The summed E-state index contributed by atoms with van der Waals surface area (Å²) in [7, 11) is 0. The van der Waals surface area contributed by atoms with Crippen molar-refractivity contribution < 1.29 is 4.79 Å². The number of amides is 1. The van der Waals surface area contributed by atoms with Gasteiger partial charge in [-0.3, -0.25) is 15.0 Å². The molecule has 1 saturated heterocycles. The van der Waals surface area contributed by atoms with Crippen molar-refractivity contribution in [1.82, 2.24) is 25.7 Å². The van der Waals surface area contributed by atoms with Gasteiger partial charge < -0.3 is 9.88 Å². The number of hydrogen-bond acceptors (Lipinski definition) is 5. The lowest BCUT2D eigenvalue weighted by Gasteiger charge is -2.14. The van der Waals surface area contributed by atoms with Crippen molar-refractivity contribution >= 4 is 16.9 Å². The van der Waals surface area contributed by atoms with Gasteiger partial charge in [0.2, 0.25) is 5.43 Å². The molecule has 2 atom stereocenters. The minimum absolute atomic E-state index is 0.145. The Morgan fingerprint density at radius 1 is 1.43 bits per heavy atom. The molecule has 1 aliphatic rings. The number of carbonyl (C=O) groups excluding carboxylic acids is 1. The molecule has 0 aromatic carbocycles. The van der Waals surface area contributed by atoms with Crippen molar-refractivity contribution in [1.29, 1.82) is 0 Å². The monoisotopic (exact) mass is 315 g/mol. The molecule has 2 aromatic rings. The smallest absolute Gasteiger partial charge is 0.258 e. The Morgan fingerprint density at radius 3 is 2.87 bits per heavy atom. The molecule has 2 unspecified atom stereocenters. The van der Waals surface area contributed by atoms with Gasteiger partial charge in [-0.15, -0.1) is 0 Å². The van der Waals surface area contributed by atoms with Gasteiger partial charge in [0.1, 0.15) is 11.2 Å². The van der Waals surface area contributed by atoms with Crippen LogP contribution in [0.25, 0.3) is 11.0 Å². The van der Waals surface area contributed by atoms with Crippen LogP contribution >= 0.6 is 0 Å². The van der Waals surface area contributed by atoms with Crippen molar-refractivity contribution in [2.45, 2.75) is 45.9 Å². The van der Waals surface area contributed by atoms with E-state index in [-0.39, 0.29) is 29.1 Å². The number of fused-ring (bicyclic) bond motifs is 1. The molecule has 0 saturated carbocycles. The molecule has 23 heavy (non-hydrogen) atoms. The van der Waals surface area contributed by atoms with Gasteiger partial charge in [-0.25, -0.2) is 10.4 Å². The minimum Gasteiger partial charge on any atom is -0.335 e. The highest BCUT2D eigenvalue weighted by atomic mass is 16.2. The van der Waals surface area contributed by atoms with Gasteiger partial charge >= 0.3 is 0 Å². The van der Waals surface area contributed by atoms with Crippen LogP contribution in [0.4, 0.5) is 0 Å². The normalized spacial score (nSPS) is 20.8. The van der Waals surface area contributed by atoms with Crippen molar-refractivity contribution in [3.05, 3.63) is 39.8 Å². The summed E-state index contributed by atoms with van der Waals surface area (Å²) < 4.78 is 1.83. The highest BCUT2D eigenvalue weighted by Crippen LogP contribution is 2.11. The molecule has 3 N–H and O–H groups in total. The molecule has 7 nitrogen and oxygen atoms in total. The zero-order chi connectivity index (χ0) is 16.6. The molecule has 1 amide bonds. The van der Waals surface area contributed by atoms with Gasteiger partial charge in [0.25, 0.3) is 5.91 Å². The van der Waals surface area contributed by atoms with Crippen molar-refractivity contribution in [2.24, 2.45) is 0 Å². The summed E-state index contributed by atoms with van der Waals surface area (Å²) in [5, 5.41) is 3.32. The molecule has 3 rings (SSSR count). The standard InChI is InChI=1S/C16H21N5O2/c1-4-21-8-12(16(23)18-13-7-10(3)19-20-13)14(22)11-6-5-9(2)17-15(11)21/h5-6,8,10,13,19-20H,4,7H2,1-3H3,(H,18,23). The van der Waals surface area contributed by atoms with Crippen LogP contribution < -0.4 is 21.6 Å². The lowest BCUT2D eigenvalue weighted by atomic mass is 10.1. The lowest BCUT2D eigenvalue weighted by molar-refractivity contribution is 0.0930. The van der Waals surface area contributed by atoms with E-state index >= 15 is 0 Å². The third-order valence-electron chi connectivity index (χ3n) is 4.04. The maximum absolute atomic E-state index is 12.6. The van der Waals surface area contributed by atoms with Crippen LogP contribution in [0.2, 0.25) is 0 Å². The Bertz CT molecular complexity index is 814. The van der Waals surface area contributed by atoms with E-state index in [1.54, 1.807) is 18.3 Å². The fourth-order valence-electron chi connectivity index (χ4n) is 2.81. The van der Waals surface area contributed by atoms with Crippen LogP contribution in [0.15, 0.2) is 23.1 Å². The summed E-state index contributed by atoms with van der Waals surface area (Å²) in [5.41, 5.74) is 7.35. The molecule has 122 valence electrons. The molecule has 3 heterocycles. The van der Waals surface area contributed by atoms with Gasteiger partial charge in [0.15, 0.2) is 0 Å². The first-order valence-electron chi connectivity index (χ1n) is 7.82. The predicted octanol–water partition coefficient (Wildman–Crippen LogP) is 0.667. The Balaban J connectivity index is 2.00. The number of hydrazine groups is 1. The number of carbonyl (C=O) groups is 1. The molecule has 0 bridgehead atoms.